The smallest absolute Gasteiger partial charge is 0.271 e. The highest BCUT2D eigenvalue weighted by Crippen LogP contribution is 2.36. The molecule has 5 rings (SSSR count). The van der Waals surface area contributed by atoms with Crippen LogP contribution in [0.5, 0.6) is 0 Å². The average Bonchev–Trinajstić information content (AvgIpc) is 2.90. The lowest BCUT2D eigenvalue weighted by molar-refractivity contribution is -0.384. The molecule has 0 amide bonds. The van der Waals surface area contributed by atoms with E-state index >= 15 is 0 Å². The number of nitrogens with zero attached hydrogens (tertiary/aromatic N) is 2. The predicted octanol–water partition coefficient (Wildman–Crippen LogP) is 3.85. The Morgan fingerprint density at radius 2 is 1.88 bits per heavy atom. The Balaban J connectivity index is 2.04. The zero-order valence-electron chi connectivity index (χ0n) is 12.3. The van der Waals surface area contributed by atoms with E-state index in [1.807, 2.05) is 24.3 Å². The molecule has 5 aromatic rings. The number of benzene rings is 3. The second kappa shape index (κ2) is 4.26. The van der Waals surface area contributed by atoms with Crippen LogP contribution in [0.25, 0.3) is 43.6 Å². The summed E-state index contributed by atoms with van der Waals surface area (Å²) < 4.78 is 0. The molecule has 6 nitrogen and oxygen atoms in total. The Labute approximate surface area is 134 Å². The third-order valence-corrected chi connectivity index (χ3v) is 4.48. The van der Waals surface area contributed by atoms with Gasteiger partial charge >= 0.3 is 0 Å². The van der Waals surface area contributed by atoms with Crippen molar-refractivity contribution in [1.29, 1.82) is 5.41 Å². The maximum atomic E-state index is 11.0. The largest absolute Gasteiger partial charge is 0.351 e. The Hall–Kier alpha value is -3.54. The maximum absolute atomic E-state index is 11.0. The molecule has 0 aliphatic carbocycles. The van der Waals surface area contributed by atoms with Gasteiger partial charge in [0, 0.05) is 33.7 Å². The summed E-state index contributed by atoms with van der Waals surface area (Å²) in [7, 11) is 0. The monoisotopic (exact) mass is 314 g/mol. The molecule has 24 heavy (non-hydrogen) atoms. The molecule has 6 heteroatoms. The number of hydrogen-bond acceptors (Lipinski definition) is 4. The summed E-state index contributed by atoms with van der Waals surface area (Å²) in [5.41, 5.74) is 2.99. The number of fused-ring (bicyclic) bond motifs is 4. The van der Waals surface area contributed by atoms with Crippen LogP contribution in [0.1, 0.15) is 0 Å². The Bertz CT molecular complexity index is 1350. The minimum Gasteiger partial charge on any atom is -0.351 e. The molecule has 114 valence electrons. The van der Waals surface area contributed by atoms with E-state index in [-0.39, 0.29) is 5.69 Å². The third kappa shape index (κ3) is 1.54. The highest BCUT2D eigenvalue weighted by molar-refractivity contribution is 6.28. The third-order valence-electron chi connectivity index (χ3n) is 4.48. The molecule has 0 unspecified atom stereocenters. The molecule has 1 aromatic heterocycles. The quantitative estimate of drug-likeness (QED) is 0.363. The summed E-state index contributed by atoms with van der Waals surface area (Å²) >= 11 is 0. The van der Waals surface area contributed by atoms with Crippen molar-refractivity contribution >= 4 is 49.3 Å². The van der Waals surface area contributed by atoms with Crippen LogP contribution in [-0.2, 0) is 0 Å². The van der Waals surface area contributed by atoms with Crippen LogP contribution < -0.4 is 5.36 Å². The number of non-ortho nitro benzene ring substituents is 1. The van der Waals surface area contributed by atoms with Gasteiger partial charge < -0.3 is 10.4 Å². The lowest BCUT2D eigenvalue weighted by Crippen LogP contribution is -1.97. The normalized spacial score (nSPS) is 11.8. The Morgan fingerprint density at radius 1 is 1.04 bits per heavy atom. The fraction of sp³-hybridized carbons (Fsp3) is 0. The zero-order chi connectivity index (χ0) is 16.4. The van der Waals surface area contributed by atoms with E-state index in [2.05, 4.69) is 4.98 Å². The summed E-state index contributed by atoms with van der Waals surface area (Å²) in [5, 5.41) is 23.4. The van der Waals surface area contributed by atoms with Gasteiger partial charge in [-0.15, -0.1) is 0 Å². The van der Waals surface area contributed by atoms with Gasteiger partial charge in [0.15, 0.2) is 0 Å². The molecule has 0 fully saturated rings. The van der Waals surface area contributed by atoms with Gasteiger partial charge in [0.05, 0.1) is 32.3 Å². The topological polar surface area (TPSA) is 95.7 Å². The fourth-order valence-electron chi connectivity index (χ4n) is 3.41. The number of rotatable bonds is 1. The van der Waals surface area contributed by atoms with Crippen LogP contribution >= 0.6 is 0 Å². The molecule has 4 aromatic carbocycles. The Kier molecular flexibility index (Phi) is 2.30. The van der Waals surface area contributed by atoms with Gasteiger partial charge in [-0.1, -0.05) is 24.3 Å². The van der Waals surface area contributed by atoms with E-state index in [1.54, 1.807) is 12.1 Å². The van der Waals surface area contributed by atoms with Crippen LogP contribution in [-0.4, -0.2) is 14.9 Å². The standard InChI is InChI=1S/C18H10N4O2/c19-13-6-5-12-16-10(13)2-1-3-11(16)17-18(12)21-15-8-9(22(23)24)4-7-14(15)20-17/h1-8,19,21H. The number of nitrogens with one attached hydrogen (secondary N) is 2. The van der Waals surface area contributed by atoms with Crippen molar-refractivity contribution in [2.75, 3.05) is 0 Å². The SMILES string of the molecule is N=c1ccc2c3[nH]c4cc([N+](=O)[O-])ccc4nc3c3cccc1c32. The van der Waals surface area contributed by atoms with Crippen molar-refractivity contribution in [3.05, 3.63) is 64.0 Å². The van der Waals surface area contributed by atoms with Crippen molar-refractivity contribution in [1.82, 2.24) is 9.97 Å². The van der Waals surface area contributed by atoms with Crippen molar-refractivity contribution in [3.63, 3.8) is 0 Å². The van der Waals surface area contributed by atoms with Gasteiger partial charge in [0.2, 0.25) is 0 Å². The summed E-state index contributed by atoms with van der Waals surface area (Å²) in [5.74, 6) is 0. The van der Waals surface area contributed by atoms with Crippen molar-refractivity contribution in [3.8, 4) is 0 Å². The van der Waals surface area contributed by atoms with E-state index in [9.17, 15) is 10.1 Å². The fourth-order valence-corrected chi connectivity index (χ4v) is 3.41. The molecule has 0 spiro atoms. The number of aromatic nitrogens is 2. The molecule has 0 aliphatic rings. The first-order valence-corrected chi connectivity index (χ1v) is 7.43. The molecule has 0 atom stereocenters. The molecular formula is C18H10N4O2. The molecule has 2 N–H and O–H groups in total. The second-order valence-electron chi connectivity index (χ2n) is 5.81. The number of nitro benzene ring substituents is 1. The van der Waals surface area contributed by atoms with Crippen LogP contribution in [0.2, 0.25) is 0 Å². The van der Waals surface area contributed by atoms with Gasteiger partial charge in [-0.05, 0) is 12.1 Å². The van der Waals surface area contributed by atoms with Gasteiger partial charge in [-0.25, -0.2) is 4.98 Å². The van der Waals surface area contributed by atoms with Crippen LogP contribution in [0, 0.1) is 15.5 Å². The first-order chi connectivity index (χ1) is 11.6. The summed E-state index contributed by atoms with van der Waals surface area (Å²) in [4.78, 5) is 18.6. The van der Waals surface area contributed by atoms with Crippen molar-refractivity contribution < 1.29 is 4.92 Å². The molecular weight excluding hydrogens is 304 g/mol. The molecule has 0 aliphatic heterocycles. The maximum Gasteiger partial charge on any atom is 0.271 e. The van der Waals surface area contributed by atoms with Crippen LogP contribution in [0.15, 0.2) is 48.5 Å². The molecule has 1 heterocycles. The van der Waals surface area contributed by atoms with Crippen molar-refractivity contribution in [2.45, 2.75) is 0 Å². The highest BCUT2D eigenvalue weighted by atomic mass is 16.6. The first kappa shape index (κ1) is 13.0. The molecule has 0 saturated carbocycles. The number of H-pyrrole nitrogens is 1. The van der Waals surface area contributed by atoms with Gasteiger partial charge in [0.1, 0.15) is 0 Å². The van der Waals surface area contributed by atoms with E-state index < -0.39 is 4.92 Å². The van der Waals surface area contributed by atoms with E-state index in [0.29, 0.717) is 16.4 Å². The number of hydrogen-bond donors (Lipinski definition) is 2. The van der Waals surface area contributed by atoms with Gasteiger partial charge in [0.25, 0.3) is 5.69 Å². The van der Waals surface area contributed by atoms with Gasteiger partial charge in [-0.2, -0.15) is 0 Å². The summed E-state index contributed by atoms with van der Waals surface area (Å²) in [6.45, 7) is 0. The van der Waals surface area contributed by atoms with Gasteiger partial charge in [-0.3, -0.25) is 10.1 Å². The summed E-state index contributed by atoms with van der Waals surface area (Å²) in [6, 6.07) is 14.1. The molecule has 0 saturated heterocycles. The second-order valence-corrected chi connectivity index (χ2v) is 5.81. The molecule has 0 bridgehead atoms. The predicted molar refractivity (Wildman–Crippen MR) is 92.3 cm³/mol. The number of nitro groups is 1. The molecule has 0 radical (unpaired) electrons. The van der Waals surface area contributed by atoms with E-state index in [0.717, 1.165) is 32.6 Å². The Morgan fingerprint density at radius 3 is 2.71 bits per heavy atom. The lowest BCUT2D eigenvalue weighted by atomic mass is 10.1. The minimum atomic E-state index is -0.414. The lowest BCUT2D eigenvalue weighted by Gasteiger charge is -2.00. The summed E-state index contributed by atoms with van der Waals surface area (Å²) in [6.07, 6.45) is 0. The van der Waals surface area contributed by atoms with E-state index in [4.69, 9.17) is 10.4 Å². The highest BCUT2D eigenvalue weighted by Gasteiger charge is 2.15. The number of aromatic amines is 1. The minimum absolute atomic E-state index is 0.0302. The average molecular weight is 314 g/mol. The zero-order valence-corrected chi connectivity index (χ0v) is 12.3. The van der Waals surface area contributed by atoms with Crippen LogP contribution in [0.4, 0.5) is 5.69 Å². The van der Waals surface area contributed by atoms with Crippen molar-refractivity contribution in [2.24, 2.45) is 0 Å². The van der Waals surface area contributed by atoms with E-state index in [1.165, 1.54) is 12.1 Å². The first-order valence-electron chi connectivity index (χ1n) is 7.43. The van der Waals surface area contributed by atoms with Crippen LogP contribution in [0.3, 0.4) is 0 Å².